The van der Waals surface area contributed by atoms with E-state index in [0.29, 0.717) is 24.2 Å². The number of hydrogen-bond acceptors (Lipinski definition) is 6. The maximum Gasteiger partial charge on any atom is 0.228 e. The lowest BCUT2D eigenvalue weighted by molar-refractivity contribution is 0.255. The molecule has 20 heavy (non-hydrogen) atoms. The average molecular weight is 294 g/mol. The number of aryl methyl sites for hydroxylation is 1. The van der Waals surface area contributed by atoms with E-state index in [2.05, 4.69) is 41.2 Å². The summed E-state index contributed by atoms with van der Waals surface area (Å²) in [5, 5.41) is 10.5. The van der Waals surface area contributed by atoms with Crippen molar-refractivity contribution in [3.63, 3.8) is 0 Å². The highest BCUT2D eigenvalue weighted by atomic mass is 32.1. The van der Waals surface area contributed by atoms with Gasteiger partial charge in [-0.05, 0) is 19.4 Å². The number of rotatable bonds is 5. The molecule has 0 spiro atoms. The van der Waals surface area contributed by atoms with Gasteiger partial charge in [0.15, 0.2) is 5.82 Å². The van der Waals surface area contributed by atoms with Gasteiger partial charge < -0.3 is 9.84 Å². The summed E-state index contributed by atoms with van der Waals surface area (Å²) in [5.74, 6) is 1.38. The van der Waals surface area contributed by atoms with Gasteiger partial charge in [0.2, 0.25) is 5.89 Å². The molecular formula is C14H22N4OS. The van der Waals surface area contributed by atoms with E-state index in [1.807, 2.05) is 19.4 Å². The molecule has 0 aliphatic heterocycles. The lowest BCUT2D eigenvalue weighted by Crippen LogP contribution is -2.39. The predicted molar refractivity (Wildman–Crippen MR) is 80.0 cm³/mol. The smallest absolute Gasteiger partial charge is 0.228 e. The van der Waals surface area contributed by atoms with Gasteiger partial charge in [-0.15, -0.1) is 11.3 Å². The van der Waals surface area contributed by atoms with Crippen LogP contribution in [-0.4, -0.2) is 28.2 Å². The maximum atomic E-state index is 5.35. The Hall–Kier alpha value is -1.27. The zero-order valence-electron chi connectivity index (χ0n) is 12.7. The second-order valence-electron chi connectivity index (χ2n) is 6.05. The van der Waals surface area contributed by atoms with Crippen molar-refractivity contribution in [2.75, 3.05) is 7.05 Å². The minimum absolute atomic E-state index is 0.148. The summed E-state index contributed by atoms with van der Waals surface area (Å²) in [6, 6.07) is 0.303. The summed E-state index contributed by atoms with van der Waals surface area (Å²) in [6.07, 6.45) is 1.37. The first-order valence-electron chi connectivity index (χ1n) is 6.78. The van der Waals surface area contributed by atoms with Gasteiger partial charge in [-0.25, -0.2) is 4.98 Å². The van der Waals surface area contributed by atoms with Crippen molar-refractivity contribution in [3.8, 4) is 0 Å². The van der Waals surface area contributed by atoms with Crippen molar-refractivity contribution in [1.82, 2.24) is 20.4 Å². The van der Waals surface area contributed by atoms with E-state index in [1.165, 1.54) is 0 Å². The zero-order chi connectivity index (χ0) is 14.8. The van der Waals surface area contributed by atoms with Crippen molar-refractivity contribution >= 4 is 11.3 Å². The summed E-state index contributed by atoms with van der Waals surface area (Å²) in [6.45, 7) is 8.59. The Bertz CT molecular complexity index is 556. The minimum atomic E-state index is 0.148. The summed E-state index contributed by atoms with van der Waals surface area (Å²) in [7, 11) is 1.96. The molecule has 2 rings (SSSR count). The lowest BCUT2D eigenvalue weighted by Gasteiger charge is -2.29. The van der Waals surface area contributed by atoms with Gasteiger partial charge in [0.05, 0.1) is 17.1 Å². The summed E-state index contributed by atoms with van der Waals surface area (Å²) in [4.78, 5) is 8.88. The monoisotopic (exact) mass is 294 g/mol. The first-order valence-corrected chi connectivity index (χ1v) is 7.66. The quantitative estimate of drug-likeness (QED) is 0.918. The van der Waals surface area contributed by atoms with Crippen LogP contribution in [0.15, 0.2) is 9.90 Å². The van der Waals surface area contributed by atoms with Gasteiger partial charge in [-0.2, -0.15) is 4.98 Å². The van der Waals surface area contributed by atoms with Crippen molar-refractivity contribution < 1.29 is 4.52 Å². The van der Waals surface area contributed by atoms with E-state index < -0.39 is 0 Å². The number of hydrogen-bond donors (Lipinski definition) is 1. The van der Waals surface area contributed by atoms with Crippen molar-refractivity contribution in [1.29, 1.82) is 0 Å². The highest BCUT2D eigenvalue weighted by molar-refractivity contribution is 7.09. The van der Waals surface area contributed by atoms with Crippen LogP contribution < -0.4 is 5.32 Å². The van der Waals surface area contributed by atoms with Crippen LogP contribution >= 0.6 is 11.3 Å². The highest BCUT2D eigenvalue weighted by Gasteiger charge is 2.25. The largest absolute Gasteiger partial charge is 0.339 e. The molecule has 1 N–H and O–H groups in total. The van der Waals surface area contributed by atoms with E-state index in [1.54, 1.807) is 11.3 Å². The molecule has 1 atom stereocenters. The molecule has 0 fully saturated rings. The Balaban J connectivity index is 2.01. The summed E-state index contributed by atoms with van der Waals surface area (Å²) >= 11 is 1.64. The van der Waals surface area contributed by atoms with E-state index in [0.717, 1.165) is 17.1 Å². The third-order valence-corrected chi connectivity index (χ3v) is 4.11. The standard InChI is InChI=1S/C14H22N4OS/c1-9-16-10(8-20-9)6-12-17-13(19-18-12)7-11(15-5)14(2,3)4/h8,11,15H,6-7H2,1-5H3. The number of nitrogens with zero attached hydrogens (tertiary/aromatic N) is 3. The molecule has 0 aliphatic carbocycles. The van der Waals surface area contributed by atoms with E-state index >= 15 is 0 Å². The van der Waals surface area contributed by atoms with Gasteiger partial charge >= 0.3 is 0 Å². The zero-order valence-corrected chi connectivity index (χ0v) is 13.5. The van der Waals surface area contributed by atoms with E-state index in [-0.39, 0.29) is 5.41 Å². The first kappa shape index (κ1) is 15.1. The van der Waals surface area contributed by atoms with Crippen LogP contribution in [0.3, 0.4) is 0 Å². The topological polar surface area (TPSA) is 63.8 Å². The van der Waals surface area contributed by atoms with Crippen LogP contribution in [0.25, 0.3) is 0 Å². The molecule has 110 valence electrons. The van der Waals surface area contributed by atoms with Gasteiger partial charge in [0.1, 0.15) is 0 Å². The van der Waals surface area contributed by atoms with Crippen LogP contribution in [0, 0.1) is 12.3 Å². The number of aromatic nitrogens is 3. The maximum absolute atomic E-state index is 5.35. The lowest BCUT2D eigenvalue weighted by atomic mass is 9.85. The van der Waals surface area contributed by atoms with E-state index in [9.17, 15) is 0 Å². The molecular weight excluding hydrogens is 272 g/mol. The number of nitrogens with one attached hydrogen (secondary N) is 1. The van der Waals surface area contributed by atoms with Gasteiger partial charge in [-0.1, -0.05) is 25.9 Å². The van der Waals surface area contributed by atoms with Crippen LogP contribution in [0.5, 0.6) is 0 Å². The Morgan fingerprint density at radius 1 is 1.35 bits per heavy atom. The van der Waals surface area contributed by atoms with Crippen LogP contribution in [0.1, 0.15) is 43.2 Å². The second-order valence-corrected chi connectivity index (χ2v) is 7.11. The molecule has 2 aromatic rings. The fourth-order valence-electron chi connectivity index (χ4n) is 2.11. The minimum Gasteiger partial charge on any atom is -0.339 e. The Labute approximate surface area is 123 Å². The molecule has 0 amide bonds. The Kier molecular flexibility index (Phi) is 4.55. The molecule has 0 saturated carbocycles. The normalized spacial score (nSPS) is 13.7. The number of thiazole rings is 1. The fraction of sp³-hybridized carbons (Fsp3) is 0.643. The van der Waals surface area contributed by atoms with Crippen molar-refractivity contribution in [3.05, 3.63) is 27.8 Å². The SMILES string of the molecule is CNC(Cc1nc(Cc2csc(C)n2)no1)C(C)(C)C. The molecule has 1 unspecified atom stereocenters. The molecule has 0 bridgehead atoms. The van der Waals surface area contributed by atoms with Crippen LogP contribution in [-0.2, 0) is 12.8 Å². The van der Waals surface area contributed by atoms with Gasteiger partial charge in [0.25, 0.3) is 0 Å². The fourth-order valence-corrected chi connectivity index (χ4v) is 2.72. The molecule has 0 aliphatic rings. The third-order valence-electron chi connectivity index (χ3n) is 3.29. The summed E-state index contributed by atoms with van der Waals surface area (Å²) in [5.41, 5.74) is 1.15. The molecule has 0 radical (unpaired) electrons. The van der Waals surface area contributed by atoms with Crippen LogP contribution in [0.2, 0.25) is 0 Å². The van der Waals surface area contributed by atoms with Crippen molar-refractivity contribution in [2.24, 2.45) is 5.41 Å². The predicted octanol–water partition coefficient (Wildman–Crippen LogP) is 2.60. The van der Waals surface area contributed by atoms with E-state index in [4.69, 9.17) is 4.52 Å². The van der Waals surface area contributed by atoms with Crippen LogP contribution in [0.4, 0.5) is 0 Å². The highest BCUT2D eigenvalue weighted by Crippen LogP contribution is 2.22. The second kappa shape index (κ2) is 6.01. The molecule has 0 aromatic carbocycles. The molecule has 5 nitrogen and oxygen atoms in total. The Morgan fingerprint density at radius 3 is 2.65 bits per heavy atom. The first-order chi connectivity index (χ1) is 9.38. The van der Waals surface area contributed by atoms with Gasteiger partial charge in [-0.3, -0.25) is 0 Å². The average Bonchev–Trinajstić information content (AvgIpc) is 2.95. The molecule has 0 saturated heterocycles. The summed E-state index contributed by atoms with van der Waals surface area (Å²) < 4.78 is 5.35. The number of likely N-dealkylation sites (N-methyl/N-ethyl adjacent to an activating group) is 1. The van der Waals surface area contributed by atoms with Gasteiger partial charge in [0, 0.05) is 17.8 Å². The molecule has 2 aromatic heterocycles. The molecule has 2 heterocycles. The third kappa shape index (κ3) is 3.86. The Morgan fingerprint density at radius 2 is 2.10 bits per heavy atom. The van der Waals surface area contributed by atoms with Crippen molar-refractivity contribution in [2.45, 2.75) is 46.6 Å². The molecule has 6 heteroatoms.